The van der Waals surface area contributed by atoms with E-state index in [4.69, 9.17) is 0 Å². The third-order valence-corrected chi connectivity index (χ3v) is 1.81. The predicted molar refractivity (Wildman–Crippen MR) is 51.1 cm³/mol. The molecule has 6 heteroatoms. The van der Waals surface area contributed by atoms with Crippen molar-refractivity contribution in [2.24, 2.45) is 0 Å². The van der Waals surface area contributed by atoms with Gasteiger partial charge in [-0.15, -0.1) is 0 Å². The number of pyridine rings is 2. The minimum atomic E-state index is -4.36. The zero-order valence-electron chi connectivity index (χ0n) is 8.03. The first kappa shape index (κ1) is 10.7. The molecule has 0 amide bonds. The van der Waals surface area contributed by atoms with Crippen LogP contribution in [0.2, 0.25) is 0 Å². The van der Waals surface area contributed by atoms with Crippen LogP contribution in [-0.4, -0.2) is 22.8 Å². The van der Waals surface area contributed by atoms with Crippen LogP contribution in [0.15, 0.2) is 30.5 Å². The molecule has 84 valence electrons. The van der Waals surface area contributed by atoms with Crippen molar-refractivity contribution >= 4 is 11.0 Å². The minimum Gasteiger partial charge on any atom is -0.468 e. The molecule has 0 unspecified atom stereocenters. The van der Waals surface area contributed by atoms with Gasteiger partial charge in [0.2, 0.25) is 5.88 Å². The van der Waals surface area contributed by atoms with E-state index < -0.39 is 12.8 Å². The molecule has 0 aromatic carbocycles. The first-order valence-corrected chi connectivity index (χ1v) is 4.46. The molecular weight excluding hydrogens is 221 g/mol. The second-order valence-electron chi connectivity index (χ2n) is 3.09. The quantitative estimate of drug-likeness (QED) is 0.792. The number of halogens is 3. The standard InChI is InChI=1S/C10H7F3N2O/c11-10(12,13)6-16-9-4-3-7-8(15-9)2-1-5-14-7/h1-5H,6H2. The maximum absolute atomic E-state index is 11.9. The highest BCUT2D eigenvalue weighted by atomic mass is 19.4. The van der Waals surface area contributed by atoms with Crippen LogP contribution < -0.4 is 4.74 Å². The molecule has 3 nitrogen and oxygen atoms in total. The molecule has 0 atom stereocenters. The smallest absolute Gasteiger partial charge is 0.422 e. The van der Waals surface area contributed by atoms with E-state index in [2.05, 4.69) is 14.7 Å². The molecule has 0 N–H and O–H groups in total. The van der Waals surface area contributed by atoms with Crippen molar-refractivity contribution in [2.75, 3.05) is 6.61 Å². The van der Waals surface area contributed by atoms with Crippen molar-refractivity contribution < 1.29 is 17.9 Å². The normalized spacial score (nSPS) is 11.7. The van der Waals surface area contributed by atoms with Gasteiger partial charge in [-0.3, -0.25) is 4.98 Å². The molecule has 0 radical (unpaired) electrons. The van der Waals surface area contributed by atoms with E-state index in [1.807, 2.05) is 0 Å². The fourth-order valence-corrected chi connectivity index (χ4v) is 1.17. The van der Waals surface area contributed by atoms with E-state index in [1.54, 1.807) is 24.4 Å². The lowest BCUT2D eigenvalue weighted by Crippen LogP contribution is -2.19. The average Bonchev–Trinajstić information content (AvgIpc) is 2.25. The zero-order valence-corrected chi connectivity index (χ0v) is 8.03. The Hall–Kier alpha value is -1.85. The first-order valence-electron chi connectivity index (χ1n) is 4.46. The SMILES string of the molecule is FC(F)(F)COc1ccc2ncccc2n1. The largest absolute Gasteiger partial charge is 0.468 e. The highest BCUT2D eigenvalue weighted by Gasteiger charge is 2.28. The van der Waals surface area contributed by atoms with Crippen LogP contribution in [0.1, 0.15) is 0 Å². The number of aromatic nitrogens is 2. The van der Waals surface area contributed by atoms with Gasteiger partial charge in [0.1, 0.15) is 0 Å². The summed E-state index contributed by atoms with van der Waals surface area (Å²) in [5.74, 6) is -0.0576. The van der Waals surface area contributed by atoms with E-state index in [0.717, 1.165) is 0 Å². The van der Waals surface area contributed by atoms with E-state index in [0.29, 0.717) is 11.0 Å². The minimum absolute atomic E-state index is 0.0576. The van der Waals surface area contributed by atoms with Crippen LogP contribution in [0, 0.1) is 0 Å². The van der Waals surface area contributed by atoms with Gasteiger partial charge in [0.25, 0.3) is 0 Å². The molecule has 0 fully saturated rings. The maximum Gasteiger partial charge on any atom is 0.422 e. The zero-order chi connectivity index (χ0) is 11.6. The summed E-state index contributed by atoms with van der Waals surface area (Å²) in [4.78, 5) is 7.88. The third-order valence-electron chi connectivity index (χ3n) is 1.81. The molecule has 0 aliphatic carbocycles. The van der Waals surface area contributed by atoms with Crippen molar-refractivity contribution in [1.29, 1.82) is 0 Å². The molecule has 0 aliphatic heterocycles. The van der Waals surface area contributed by atoms with Crippen LogP contribution in [-0.2, 0) is 0 Å². The summed E-state index contributed by atoms with van der Waals surface area (Å²) in [5.41, 5.74) is 1.11. The van der Waals surface area contributed by atoms with Crippen molar-refractivity contribution in [3.63, 3.8) is 0 Å². The van der Waals surface area contributed by atoms with Gasteiger partial charge in [-0.25, -0.2) is 4.98 Å². The molecule has 2 aromatic rings. The summed E-state index contributed by atoms with van der Waals surface area (Å²) in [6.45, 7) is -1.34. The van der Waals surface area contributed by atoms with E-state index in [1.165, 1.54) is 6.07 Å². The summed E-state index contributed by atoms with van der Waals surface area (Å²) in [5, 5.41) is 0. The van der Waals surface area contributed by atoms with Gasteiger partial charge in [-0.1, -0.05) is 0 Å². The van der Waals surface area contributed by atoms with Crippen LogP contribution in [0.3, 0.4) is 0 Å². The third kappa shape index (κ3) is 2.59. The number of alkyl halides is 3. The number of ether oxygens (including phenoxy) is 1. The Kier molecular flexibility index (Phi) is 2.64. The Morgan fingerprint density at radius 2 is 1.94 bits per heavy atom. The molecular formula is C10H7F3N2O. The number of hydrogen-bond donors (Lipinski definition) is 0. The van der Waals surface area contributed by atoms with Gasteiger partial charge >= 0.3 is 6.18 Å². The fourth-order valence-electron chi connectivity index (χ4n) is 1.17. The molecule has 2 rings (SSSR count). The molecule has 0 spiro atoms. The highest BCUT2D eigenvalue weighted by Crippen LogP contribution is 2.18. The molecule has 0 aliphatic rings. The van der Waals surface area contributed by atoms with Gasteiger partial charge in [-0.2, -0.15) is 13.2 Å². The van der Waals surface area contributed by atoms with Crippen molar-refractivity contribution in [3.8, 4) is 5.88 Å². The van der Waals surface area contributed by atoms with Crippen molar-refractivity contribution in [2.45, 2.75) is 6.18 Å². The first-order chi connectivity index (χ1) is 7.54. The molecule has 2 aromatic heterocycles. The van der Waals surface area contributed by atoms with Gasteiger partial charge in [0, 0.05) is 12.3 Å². The average molecular weight is 228 g/mol. The van der Waals surface area contributed by atoms with Crippen molar-refractivity contribution in [1.82, 2.24) is 9.97 Å². The van der Waals surface area contributed by atoms with Crippen LogP contribution in [0.25, 0.3) is 11.0 Å². The Morgan fingerprint density at radius 3 is 2.69 bits per heavy atom. The van der Waals surface area contributed by atoms with Gasteiger partial charge in [0.05, 0.1) is 11.0 Å². The van der Waals surface area contributed by atoms with E-state index in [-0.39, 0.29) is 5.88 Å². The molecule has 16 heavy (non-hydrogen) atoms. The Morgan fingerprint density at radius 1 is 1.12 bits per heavy atom. The summed E-state index contributed by atoms with van der Waals surface area (Å²) >= 11 is 0. The lowest BCUT2D eigenvalue weighted by Gasteiger charge is -2.08. The van der Waals surface area contributed by atoms with Crippen LogP contribution in [0.5, 0.6) is 5.88 Å². The Labute approximate surface area is 88.9 Å². The van der Waals surface area contributed by atoms with Gasteiger partial charge < -0.3 is 4.74 Å². The Bertz CT molecular complexity index is 499. The topological polar surface area (TPSA) is 35.0 Å². The molecule has 0 bridgehead atoms. The summed E-state index contributed by atoms with van der Waals surface area (Å²) in [6, 6.07) is 6.24. The number of rotatable bonds is 2. The number of hydrogen-bond acceptors (Lipinski definition) is 3. The van der Waals surface area contributed by atoms with Gasteiger partial charge in [-0.05, 0) is 18.2 Å². The second-order valence-corrected chi connectivity index (χ2v) is 3.09. The van der Waals surface area contributed by atoms with Gasteiger partial charge in [0.15, 0.2) is 6.61 Å². The lowest BCUT2D eigenvalue weighted by atomic mass is 10.3. The van der Waals surface area contributed by atoms with Crippen LogP contribution >= 0.6 is 0 Å². The number of fused-ring (bicyclic) bond motifs is 1. The fraction of sp³-hybridized carbons (Fsp3) is 0.200. The monoisotopic (exact) mass is 228 g/mol. The van der Waals surface area contributed by atoms with Crippen LogP contribution in [0.4, 0.5) is 13.2 Å². The molecule has 2 heterocycles. The molecule has 0 saturated carbocycles. The van der Waals surface area contributed by atoms with Crippen molar-refractivity contribution in [3.05, 3.63) is 30.5 Å². The second kappa shape index (κ2) is 3.96. The molecule has 0 saturated heterocycles. The lowest BCUT2D eigenvalue weighted by molar-refractivity contribution is -0.154. The highest BCUT2D eigenvalue weighted by molar-refractivity contribution is 5.74. The van der Waals surface area contributed by atoms with E-state index >= 15 is 0 Å². The number of nitrogens with zero attached hydrogens (tertiary/aromatic N) is 2. The maximum atomic E-state index is 11.9. The summed E-state index contributed by atoms with van der Waals surface area (Å²) < 4.78 is 40.2. The summed E-state index contributed by atoms with van der Waals surface area (Å²) in [7, 11) is 0. The van der Waals surface area contributed by atoms with E-state index in [9.17, 15) is 13.2 Å². The predicted octanol–water partition coefficient (Wildman–Crippen LogP) is 2.57. The summed E-state index contributed by atoms with van der Waals surface area (Å²) in [6.07, 6.45) is -2.77. The Balaban J connectivity index is 2.20.